The first kappa shape index (κ1) is 11.5. The van der Waals surface area contributed by atoms with Gasteiger partial charge in [-0.3, -0.25) is 0 Å². The third-order valence-corrected chi connectivity index (χ3v) is 5.84. The quantitative estimate of drug-likeness (QED) is 0.468. The van der Waals surface area contributed by atoms with Crippen molar-refractivity contribution in [3.05, 3.63) is 35.9 Å². The molecule has 0 spiro atoms. The van der Waals surface area contributed by atoms with Gasteiger partial charge in [0.1, 0.15) is 6.10 Å². The first-order valence-corrected chi connectivity index (χ1v) is 7.42. The molecule has 4 atom stereocenters. The number of ether oxygens (including phenoxy) is 1. The van der Waals surface area contributed by atoms with Crippen molar-refractivity contribution in [3.63, 3.8) is 0 Å². The minimum absolute atomic E-state index is 0.157. The molecule has 2 unspecified atom stereocenters. The van der Waals surface area contributed by atoms with Gasteiger partial charge in [0.2, 0.25) is 0 Å². The second kappa shape index (κ2) is 4.59. The maximum Gasteiger partial charge on any atom is 0.338 e. The third kappa shape index (κ3) is 1.98. The van der Waals surface area contributed by atoms with Crippen molar-refractivity contribution in [1.82, 2.24) is 0 Å². The molecule has 3 heteroatoms. The summed E-state index contributed by atoms with van der Waals surface area (Å²) in [5.41, 5.74) is 0.669. The van der Waals surface area contributed by atoms with E-state index in [1.807, 2.05) is 30.3 Å². The second-order valence-electron chi connectivity index (χ2n) is 4.94. The van der Waals surface area contributed by atoms with Crippen molar-refractivity contribution < 1.29 is 9.53 Å². The summed E-state index contributed by atoms with van der Waals surface area (Å²) < 4.78 is 6.38. The number of esters is 1. The first-order valence-electron chi connectivity index (χ1n) is 6.17. The SMILES string of the molecule is O=C(OC1[C@@H]2CCC[C@H]1C2I)c1ccccc1. The number of rotatable bonds is 2. The maximum atomic E-state index is 12.0. The van der Waals surface area contributed by atoms with E-state index in [1.54, 1.807) is 0 Å². The summed E-state index contributed by atoms with van der Waals surface area (Å²) in [6.45, 7) is 0. The van der Waals surface area contributed by atoms with Crippen LogP contribution in [-0.2, 0) is 4.74 Å². The Morgan fingerprint density at radius 1 is 1.18 bits per heavy atom. The van der Waals surface area contributed by atoms with Crippen LogP contribution in [0.15, 0.2) is 30.3 Å². The Morgan fingerprint density at radius 3 is 2.41 bits per heavy atom. The fraction of sp³-hybridized carbons (Fsp3) is 0.500. The van der Waals surface area contributed by atoms with Gasteiger partial charge >= 0.3 is 5.97 Å². The van der Waals surface area contributed by atoms with Crippen molar-refractivity contribution in [3.8, 4) is 0 Å². The summed E-state index contributed by atoms with van der Waals surface area (Å²) in [5, 5.41) is 0. The summed E-state index contributed by atoms with van der Waals surface area (Å²) in [6.07, 6.45) is 3.92. The Bertz CT molecular complexity index is 405. The zero-order chi connectivity index (χ0) is 11.8. The summed E-state index contributed by atoms with van der Waals surface area (Å²) in [7, 11) is 0. The van der Waals surface area contributed by atoms with E-state index in [0.717, 1.165) is 3.92 Å². The molecule has 2 fully saturated rings. The van der Waals surface area contributed by atoms with E-state index in [1.165, 1.54) is 19.3 Å². The second-order valence-corrected chi connectivity index (χ2v) is 6.38. The van der Waals surface area contributed by atoms with Gasteiger partial charge in [0, 0.05) is 15.8 Å². The van der Waals surface area contributed by atoms with Crippen molar-refractivity contribution in [2.75, 3.05) is 0 Å². The monoisotopic (exact) mass is 342 g/mol. The smallest absolute Gasteiger partial charge is 0.338 e. The largest absolute Gasteiger partial charge is 0.458 e. The van der Waals surface area contributed by atoms with Crippen LogP contribution in [0.25, 0.3) is 0 Å². The molecule has 0 saturated heterocycles. The normalized spacial score (nSPS) is 34.9. The van der Waals surface area contributed by atoms with E-state index < -0.39 is 0 Å². The highest BCUT2D eigenvalue weighted by Gasteiger charge is 2.53. The van der Waals surface area contributed by atoms with Gasteiger partial charge in [0.15, 0.2) is 0 Å². The molecule has 90 valence electrons. The number of alkyl halides is 1. The molecule has 2 aliphatic carbocycles. The van der Waals surface area contributed by atoms with Crippen LogP contribution < -0.4 is 0 Å². The van der Waals surface area contributed by atoms with E-state index in [0.29, 0.717) is 17.4 Å². The van der Waals surface area contributed by atoms with Gasteiger partial charge in [-0.1, -0.05) is 47.2 Å². The number of hydrogen-bond acceptors (Lipinski definition) is 2. The number of carbonyl (C=O) groups excluding carboxylic acids is 1. The van der Waals surface area contributed by atoms with Gasteiger partial charge in [-0.25, -0.2) is 4.79 Å². The highest BCUT2D eigenvalue weighted by molar-refractivity contribution is 14.1. The molecule has 0 heterocycles. The third-order valence-electron chi connectivity index (χ3n) is 3.99. The van der Waals surface area contributed by atoms with Gasteiger partial charge < -0.3 is 4.74 Å². The maximum absolute atomic E-state index is 12.0. The fourth-order valence-corrected chi connectivity index (χ4v) is 4.57. The molecule has 0 radical (unpaired) electrons. The molecule has 17 heavy (non-hydrogen) atoms. The number of fused-ring (bicyclic) bond motifs is 2. The lowest BCUT2D eigenvalue weighted by atomic mass is 9.62. The molecular formula is C14H15IO2. The van der Waals surface area contributed by atoms with Crippen LogP contribution in [0, 0.1) is 11.8 Å². The zero-order valence-electron chi connectivity index (χ0n) is 9.51. The Morgan fingerprint density at radius 2 is 1.82 bits per heavy atom. The summed E-state index contributed by atoms with van der Waals surface area (Å²) in [5.74, 6) is 1.04. The number of carbonyl (C=O) groups is 1. The number of benzene rings is 1. The zero-order valence-corrected chi connectivity index (χ0v) is 11.7. The van der Waals surface area contributed by atoms with Crippen LogP contribution in [-0.4, -0.2) is 16.0 Å². The fourth-order valence-electron chi connectivity index (χ4n) is 3.03. The molecular weight excluding hydrogens is 327 g/mol. The van der Waals surface area contributed by atoms with Gasteiger partial charge in [-0.2, -0.15) is 0 Å². The van der Waals surface area contributed by atoms with Crippen molar-refractivity contribution >= 4 is 28.6 Å². The van der Waals surface area contributed by atoms with Crippen LogP contribution in [0.2, 0.25) is 0 Å². The van der Waals surface area contributed by atoms with Crippen LogP contribution >= 0.6 is 22.6 Å². The van der Waals surface area contributed by atoms with Crippen LogP contribution in [0.5, 0.6) is 0 Å². The molecule has 2 bridgehead atoms. The molecule has 0 amide bonds. The molecule has 2 nitrogen and oxygen atoms in total. The molecule has 0 aliphatic heterocycles. The van der Waals surface area contributed by atoms with E-state index in [-0.39, 0.29) is 12.1 Å². The summed E-state index contributed by atoms with van der Waals surface area (Å²) >= 11 is 2.52. The Balaban J connectivity index is 1.67. The van der Waals surface area contributed by atoms with E-state index in [2.05, 4.69) is 22.6 Å². The predicted octanol–water partition coefficient (Wildman–Crippen LogP) is 3.45. The number of hydrogen-bond donors (Lipinski definition) is 0. The minimum Gasteiger partial charge on any atom is -0.458 e. The van der Waals surface area contributed by atoms with Crippen molar-refractivity contribution in [2.45, 2.75) is 29.3 Å². The topological polar surface area (TPSA) is 26.3 Å². The molecule has 3 rings (SSSR count). The molecule has 2 saturated carbocycles. The number of halogens is 1. The highest BCUT2D eigenvalue weighted by Crippen LogP contribution is 2.51. The van der Waals surface area contributed by atoms with Gasteiger partial charge in [0.05, 0.1) is 5.56 Å². The Hall–Kier alpha value is -0.580. The predicted molar refractivity (Wildman–Crippen MR) is 74.3 cm³/mol. The lowest BCUT2D eigenvalue weighted by Gasteiger charge is -2.52. The molecule has 0 N–H and O–H groups in total. The molecule has 2 aliphatic rings. The lowest BCUT2D eigenvalue weighted by molar-refractivity contribution is -0.0786. The summed E-state index contributed by atoms with van der Waals surface area (Å²) in [4.78, 5) is 12.0. The van der Waals surface area contributed by atoms with Crippen LogP contribution in [0.1, 0.15) is 29.6 Å². The molecule has 1 aromatic carbocycles. The van der Waals surface area contributed by atoms with E-state index in [4.69, 9.17) is 4.74 Å². The van der Waals surface area contributed by atoms with Gasteiger partial charge in [-0.15, -0.1) is 0 Å². The minimum atomic E-state index is -0.157. The highest BCUT2D eigenvalue weighted by atomic mass is 127. The van der Waals surface area contributed by atoms with E-state index in [9.17, 15) is 4.79 Å². The van der Waals surface area contributed by atoms with E-state index >= 15 is 0 Å². The van der Waals surface area contributed by atoms with Crippen LogP contribution in [0.4, 0.5) is 0 Å². The van der Waals surface area contributed by atoms with Crippen molar-refractivity contribution in [2.24, 2.45) is 11.8 Å². The average molecular weight is 342 g/mol. The summed E-state index contributed by atoms with van der Waals surface area (Å²) in [6, 6.07) is 9.30. The van der Waals surface area contributed by atoms with Gasteiger partial charge in [-0.05, 0) is 25.0 Å². The Kier molecular flexibility index (Phi) is 3.11. The molecule has 1 aromatic rings. The van der Waals surface area contributed by atoms with Crippen molar-refractivity contribution in [1.29, 1.82) is 0 Å². The molecule has 0 aromatic heterocycles. The van der Waals surface area contributed by atoms with Crippen LogP contribution in [0.3, 0.4) is 0 Å². The van der Waals surface area contributed by atoms with Gasteiger partial charge in [0.25, 0.3) is 0 Å². The standard InChI is InChI=1S/C14H15IO2/c15-12-10-7-4-8-11(12)13(10)17-14(16)9-5-2-1-3-6-9/h1-3,5-6,10-13H,4,7-8H2/t10-,11+,12?,13?. The lowest BCUT2D eigenvalue weighted by Crippen LogP contribution is -2.56. The Labute approximate surface area is 115 Å². The first-order chi connectivity index (χ1) is 8.27. The average Bonchev–Trinajstić information content (AvgIpc) is 2.40.